The molecule has 33 heavy (non-hydrogen) atoms. The molecule has 1 aliphatic rings. The minimum atomic E-state index is -3.93. The van der Waals surface area contributed by atoms with Crippen molar-refractivity contribution in [2.24, 2.45) is 0 Å². The Morgan fingerprint density at radius 1 is 0.848 bits per heavy atom. The highest BCUT2D eigenvalue weighted by Gasteiger charge is 2.27. The fraction of sp³-hybridized carbons (Fsp3) is 0.250. The van der Waals surface area contributed by atoms with Crippen molar-refractivity contribution in [2.45, 2.75) is 40.5 Å². The van der Waals surface area contributed by atoms with E-state index in [0.717, 1.165) is 5.69 Å². The van der Waals surface area contributed by atoms with Gasteiger partial charge in [0.2, 0.25) is 19.9 Å². The largest absolute Gasteiger partial charge is 0.371 e. The Morgan fingerprint density at radius 2 is 1.48 bits per heavy atom. The molecule has 1 saturated heterocycles. The van der Waals surface area contributed by atoms with Crippen LogP contribution in [0.1, 0.15) is 18.4 Å². The summed E-state index contributed by atoms with van der Waals surface area (Å²) in [6.07, 6.45) is 1.16. The molecule has 4 rings (SSSR count). The van der Waals surface area contributed by atoms with Gasteiger partial charge in [0, 0.05) is 24.8 Å². The van der Waals surface area contributed by atoms with Gasteiger partial charge in [0.15, 0.2) is 0 Å². The molecule has 0 aliphatic carbocycles. The van der Waals surface area contributed by atoms with Crippen molar-refractivity contribution in [3.63, 3.8) is 0 Å². The molecule has 0 radical (unpaired) electrons. The summed E-state index contributed by atoms with van der Waals surface area (Å²) in [4.78, 5) is 2.09. The van der Waals surface area contributed by atoms with Gasteiger partial charge in [0.05, 0.1) is 14.7 Å². The molecular formula is C24H25FN2O4S2. The number of sulfone groups is 1. The molecule has 1 aliphatic heterocycles. The maximum Gasteiger partial charge on any atom is 0.241 e. The van der Waals surface area contributed by atoms with Crippen LogP contribution in [-0.2, 0) is 19.9 Å². The molecule has 3 aromatic rings. The fourth-order valence-corrected chi connectivity index (χ4v) is 6.92. The van der Waals surface area contributed by atoms with Crippen LogP contribution < -0.4 is 9.62 Å². The van der Waals surface area contributed by atoms with Crippen LogP contribution in [0.15, 0.2) is 87.5 Å². The van der Waals surface area contributed by atoms with Gasteiger partial charge in [-0.25, -0.2) is 25.9 Å². The van der Waals surface area contributed by atoms with E-state index in [1.807, 2.05) is 0 Å². The molecule has 0 saturated carbocycles. The van der Waals surface area contributed by atoms with E-state index >= 15 is 0 Å². The molecule has 0 amide bonds. The lowest BCUT2D eigenvalue weighted by Crippen LogP contribution is -2.44. The van der Waals surface area contributed by atoms with Gasteiger partial charge < -0.3 is 4.90 Å². The summed E-state index contributed by atoms with van der Waals surface area (Å²) in [6, 6.07) is 18.1. The molecule has 9 heteroatoms. The van der Waals surface area contributed by atoms with E-state index in [1.54, 1.807) is 37.3 Å². The summed E-state index contributed by atoms with van der Waals surface area (Å²) in [5.41, 5.74) is 1.37. The topological polar surface area (TPSA) is 83.5 Å². The molecular weight excluding hydrogens is 463 g/mol. The van der Waals surface area contributed by atoms with Crippen LogP contribution in [0.3, 0.4) is 0 Å². The Bertz CT molecular complexity index is 1330. The third-order valence-electron chi connectivity index (χ3n) is 5.82. The number of anilines is 1. The maximum atomic E-state index is 13.2. The Labute approximate surface area is 194 Å². The zero-order chi connectivity index (χ0) is 23.6. The quantitative estimate of drug-likeness (QED) is 0.569. The minimum absolute atomic E-state index is 0.0412. The third-order valence-corrected chi connectivity index (χ3v) is 9.25. The first-order valence-corrected chi connectivity index (χ1v) is 13.6. The van der Waals surface area contributed by atoms with Crippen molar-refractivity contribution in [2.75, 3.05) is 18.0 Å². The molecule has 6 nitrogen and oxygen atoms in total. The summed E-state index contributed by atoms with van der Waals surface area (Å²) in [6.45, 7) is 2.89. The number of piperidine rings is 1. The highest BCUT2D eigenvalue weighted by molar-refractivity contribution is 7.91. The predicted molar refractivity (Wildman–Crippen MR) is 125 cm³/mol. The van der Waals surface area contributed by atoms with Gasteiger partial charge in [0.25, 0.3) is 0 Å². The van der Waals surface area contributed by atoms with Crippen LogP contribution in [-0.4, -0.2) is 36.0 Å². The van der Waals surface area contributed by atoms with E-state index in [0.29, 0.717) is 31.5 Å². The van der Waals surface area contributed by atoms with Gasteiger partial charge in [-0.3, -0.25) is 0 Å². The van der Waals surface area contributed by atoms with Gasteiger partial charge in [-0.1, -0.05) is 24.3 Å². The molecule has 0 bridgehead atoms. The highest BCUT2D eigenvalue weighted by atomic mass is 32.2. The first kappa shape index (κ1) is 23.4. The molecule has 0 spiro atoms. The Balaban J connectivity index is 1.51. The minimum Gasteiger partial charge on any atom is -0.371 e. The first-order chi connectivity index (χ1) is 15.7. The van der Waals surface area contributed by atoms with Gasteiger partial charge in [-0.15, -0.1) is 0 Å². The smallest absolute Gasteiger partial charge is 0.241 e. The van der Waals surface area contributed by atoms with Crippen LogP contribution >= 0.6 is 0 Å². The number of hydrogen-bond acceptors (Lipinski definition) is 5. The van der Waals surface area contributed by atoms with Crippen LogP contribution in [0, 0.1) is 12.7 Å². The van der Waals surface area contributed by atoms with Crippen LogP contribution in [0.5, 0.6) is 0 Å². The molecule has 174 valence electrons. The summed E-state index contributed by atoms with van der Waals surface area (Å²) in [5.74, 6) is -0.298. The number of halogens is 1. The van der Waals surface area contributed by atoms with E-state index < -0.39 is 19.9 Å². The zero-order valence-electron chi connectivity index (χ0n) is 18.1. The average molecular weight is 489 g/mol. The molecule has 1 fully saturated rings. The van der Waals surface area contributed by atoms with Gasteiger partial charge in [-0.2, -0.15) is 0 Å². The van der Waals surface area contributed by atoms with Crippen molar-refractivity contribution >= 4 is 25.5 Å². The Morgan fingerprint density at radius 3 is 2.12 bits per heavy atom. The van der Waals surface area contributed by atoms with E-state index in [4.69, 9.17) is 0 Å². The summed E-state index contributed by atoms with van der Waals surface area (Å²) >= 11 is 0. The van der Waals surface area contributed by atoms with Crippen LogP contribution in [0.2, 0.25) is 0 Å². The van der Waals surface area contributed by atoms with Crippen molar-refractivity contribution in [3.05, 3.63) is 84.2 Å². The van der Waals surface area contributed by atoms with Crippen molar-refractivity contribution in [1.29, 1.82) is 0 Å². The van der Waals surface area contributed by atoms with Crippen LogP contribution in [0.25, 0.3) is 0 Å². The van der Waals surface area contributed by atoms with E-state index in [9.17, 15) is 21.2 Å². The van der Waals surface area contributed by atoms with Gasteiger partial charge in [0.1, 0.15) is 5.82 Å². The van der Waals surface area contributed by atoms with Crippen molar-refractivity contribution < 1.29 is 21.2 Å². The predicted octanol–water partition coefficient (Wildman–Crippen LogP) is 3.91. The fourth-order valence-electron chi connectivity index (χ4n) is 3.96. The number of hydrogen-bond donors (Lipinski definition) is 1. The Kier molecular flexibility index (Phi) is 6.56. The number of sulfonamides is 1. The van der Waals surface area contributed by atoms with E-state index in [2.05, 4.69) is 9.62 Å². The van der Waals surface area contributed by atoms with Crippen molar-refractivity contribution in [1.82, 2.24) is 4.72 Å². The molecule has 0 aromatic heterocycles. The number of nitrogens with one attached hydrogen (secondary N) is 1. The summed E-state index contributed by atoms with van der Waals surface area (Å²) < 4.78 is 68.2. The van der Waals surface area contributed by atoms with Crippen LogP contribution in [0.4, 0.5) is 10.1 Å². The maximum absolute atomic E-state index is 13.2. The molecule has 0 unspecified atom stereocenters. The second-order valence-corrected chi connectivity index (χ2v) is 11.7. The summed E-state index contributed by atoms with van der Waals surface area (Å²) in [5, 5.41) is 0. The Hall–Kier alpha value is -2.75. The zero-order valence-corrected chi connectivity index (χ0v) is 19.7. The second-order valence-electron chi connectivity index (χ2n) is 8.10. The standard InChI is InChI=1S/C24H25FN2O4S2/c1-18-7-12-23(32(28,29)22-5-3-2-4-6-22)17-24(18)33(30,31)26-20-13-15-27(16-14-20)21-10-8-19(25)9-11-21/h2-12,17,20,26H,13-16H2,1H3. The lowest BCUT2D eigenvalue weighted by molar-refractivity contribution is 0.459. The van der Waals surface area contributed by atoms with E-state index in [-0.39, 0.29) is 26.5 Å². The molecule has 1 N–H and O–H groups in total. The van der Waals surface area contributed by atoms with E-state index in [1.165, 1.54) is 42.5 Å². The molecule has 3 aromatic carbocycles. The molecule has 1 heterocycles. The molecule has 0 atom stereocenters. The average Bonchev–Trinajstić information content (AvgIpc) is 2.80. The third kappa shape index (κ3) is 5.10. The van der Waals surface area contributed by atoms with Gasteiger partial charge in [-0.05, 0) is 73.9 Å². The summed E-state index contributed by atoms with van der Waals surface area (Å²) in [7, 11) is -7.76. The normalized spacial score (nSPS) is 15.5. The second kappa shape index (κ2) is 9.24. The highest BCUT2D eigenvalue weighted by Crippen LogP contribution is 2.27. The monoisotopic (exact) mass is 488 g/mol. The number of aryl methyl sites for hydroxylation is 1. The number of benzene rings is 3. The number of rotatable bonds is 6. The first-order valence-electron chi connectivity index (χ1n) is 10.6. The SMILES string of the molecule is Cc1ccc(S(=O)(=O)c2ccccc2)cc1S(=O)(=O)NC1CCN(c2ccc(F)cc2)CC1. The van der Waals surface area contributed by atoms with Crippen molar-refractivity contribution in [3.8, 4) is 0 Å². The van der Waals surface area contributed by atoms with Gasteiger partial charge >= 0.3 is 0 Å². The number of nitrogens with zero attached hydrogens (tertiary/aromatic N) is 1. The lowest BCUT2D eigenvalue weighted by atomic mass is 10.1. The lowest BCUT2D eigenvalue weighted by Gasteiger charge is -2.34.